The Kier molecular flexibility index (Phi) is 6.69. The van der Waals surface area contributed by atoms with Crippen molar-refractivity contribution in [3.63, 3.8) is 0 Å². The van der Waals surface area contributed by atoms with Gasteiger partial charge in [0.1, 0.15) is 10.6 Å². The summed E-state index contributed by atoms with van der Waals surface area (Å²) in [6, 6.07) is 8.22. The molecule has 0 radical (unpaired) electrons. The topological polar surface area (TPSA) is 84.8 Å². The monoisotopic (exact) mass is 530 g/mol. The number of carboxylic acid groups (broad SMARTS) is 1. The number of benzene rings is 1. The van der Waals surface area contributed by atoms with Crippen molar-refractivity contribution in [2.24, 2.45) is 5.92 Å². The zero-order valence-corrected chi connectivity index (χ0v) is 22.0. The number of fused-ring (bicyclic) bond motifs is 2. The van der Waals surface area contributed by atoms with E-state index in [1.54, 1.807) is 11.3 Å². The molecular weight excluding hydrogens is 504 g/mol. The molecule has 2 aliphatic heterocycles. The van der Waals surface area contributed by atoms with Gasteiger partial charge in [0, 0.05) is 38.4 Å². The van der Waals surface area contributed by atoms with Gasteiger partial charge < -0.3 is 25.1 Å². The predicted molar refractivity (Wildman–Crippen MR) is 145 cm³/mol. The van der Waals surface area contributed by atoms with Crippen LogP contribution in [0.3, 0.4) is 0 Å². The van der Waals surface area contributed by atoms with Crippen LogP contribution in [0, 0.1) is 5.92 Å². The SMILES string of the molecule is CC(C)C1CN(c2nc(Cl)nc3sccc23)CCN1C(=S)Nc1cccc2c1CCN(C(=O)O)C2. The van der Waals surface area contributed by atoms with Crippen LogP contribution >= 0.6 is 35.2 Å². The summed E-state index contributed by atoms with van der Waals surface area (Å²) in [5, 5.41) is 16.9. The lowest BCUT2D eigenvalue weighted by Gasteiger charge is -2.45. The van der Waals surface area contributed by atoms with Crippen LogP contribution < -0.4 is 10.2 Å². The number of halogens is 1. The molecule has 0 saturated carbocycles. The molecule has 1 unspecified atom stereocenters. The molecule has 0 spiro atoms. The molecule has 0 aliphatic carbocycles. The van der Waals surface area contributed by atoms with Gasteiger partial charge in [-0.25, -0.2) is 9.78 Å². The number of anilines is 2. The largest absolute Gasteiger partial charge is 0.465 e. The minimum Gasteiger partial charge on any atom is -0.465 e. The summed E-state index contributed by atoms with van der Waals surface area (Å²) in [5.74, 6) is 1.24. The number of thiophene rings is 1. The minimum atomic E-state index is -0.883. The van der Waals surface area contributed by atoms with E-state index in [4.69, 9.17) is 23.8 Å². The number of thiocarbonyl (C=S) groups is 1. The molecule has 0 bridgehead atoms. The number of aromatic nitrogens is 2. The molecule has 1 amide bonds. The molecule has 2 aliphatic rings. The van der Waals surface area contributed by atoms with Crippen molar-refractivity contribution in [2.75, 3.05) is 36.4 Å². The van der Waals surface area contributed by atoms with Gasteiger partial charge in [0.25, 0.3) is 0 Å². The molecule has 11 heteroatoms. The molecule has 2 aromatic heterocycles. The van der Waals surface area contributed by atoms with Crippen LogP contribution in [0.2, 0.25) is 5.28 Å². The Balaban J connectivity index is 1.35. The lowest BCUT2D eigenvalue weighted by atomic mass is 9.97. The van der Waals surface area contributed by atoms with Gasteiger partial charge >= 0.3 is 6.09 Å². The molecule has 5 rings (SSSR count). The standard InChI is InChI=1S/C24H27ClN6O2S2/c1-14(2)19-13-29(20-17-7-11-35-21(17)28-22(25)27-20)9-10-31(19)23(34)26-18-5-3-4-15-12-30(24(32)33)8-6-16(15)18/h3-5,7,11,14,19H,6,8-10,12-13H2,1-2H3,(H,26,34)(H,32,33). The average molecular weight is 531 g/mol. The molecule has 4 heterocycles. The van der Waals surface area contributed by atoms with E-state index in [0.29, 0.717) is 30.5 Å². The van der Waals surface area contributed by atoms with Crippen molar-refractivity contribution < 1.29 is 9.90 Å². The molecule has 2 N–H and O–H groups in total. The van der Waals surface area contributed by atoms with Gasteiger partial charge in [-0.15, -0.1) is 11.3 Å². The second kappa shape index (κ2) is 9.75. The molecule has 3 aromatic rings. The highest BCUT2D eigenvalue weighted by Crippen LogP contribution is 2.32. The Morgan fingerprint density at radius 1 is 1.26 bits per heavy atom. The van der Waals surface area contributed by atoms with E-state index in [9.17, 15) is 9.90 Å². The summed E-state index contributed by atoms with van der Waals surface area (Å²) in [5.41, 5.74) is 3.13. The average Bonchev–Trinajstić information content (AvgIpc) is 3.31. The molecule has 1 saturated heterocycles. The first-order valence-corrected chi connectivity index (χ1v) is 13.3. The quantitative estimate of drug-likeness (QED) is 0.364. The lowest BCUT2D eigenvalue weighted by Crippen LogP contribution is -2.58. The molecule has 8 nitrogen and oxygen atoms in total. The number of nitrogens with zero attached hydrogens (tertiary/aromatic N) is 5. The molecule has 1 aromatic carbocycles. The van der Waals surface area contributed by atoms with Crippen LogP contribution in [-0.2, 0) is 13.0 Å². The van der Waals surface area contributed by atoms with E-state index in [-0.39, 0.29) is 11.3 Å². The fourth-order valence-corrected chi connectivity index (χ4v) is 6.27. The maximum Gasteiger partial charge on any atom is 0.407 e. The third-order valence-electron chi connectivity index (χ3n) is 6.80. The minimum absolute atomic E-state index is 0.188. The summed E-state index contributed by atoms with van der Waals surface area (Å²) in [6.07, 6.45) is -0.216. The predicted octanol–water partition coefficient (Wildman–Crippen LogP) is 4.92. The number of carbonyl (C=O) groups is 1. The number of nitrogens with one attached hydrogen (secondary N) is 1. The zero-order valence-electron chi connectivity index (χ0n) is 19.6. The number of rotatable bonds is 3. The normalized spacial score (nSPS) is 18.2. The first kappa shape index (κ1) is 24.0. The van der Waals surface area contributed by atoms with Crippen LogP contribution in [0.1, 0.15) is 25.0 Å². The smallest absolute Gasteiger partial charge is 0.407 e. The molecule has 184 valence electrons. The van der Waals surface area contributed by atoms with Crippen molar-refractivity contribution in [1.29, 1.82) is 0 Å². The van der Waals surface area contributed by atoms with Crippen molar-refractivity contribution in [3.05, 3.63) is 46.1 Å². The highest BCUT2D eigenvalue weighted by molar-refractivity contribution is 7.80. The Hall–Kier alpha value is -2.69. The van der Waals surface area contributed by atoms with E-state index >= 15 is 0 Å². The number of hydrogen-bond acceptors (Lipinski definition) is 6. The van der Waals surface area contributed by atoms with E-state index in [2.05, 4.69) is 45.0 Å². The summed E-state index contributed by atoms with van der Waals surface area (Å²) in [7, 11) is 0. The van der Waals surface area contributed by atoms with Crippen molar-refractivity contribution in [2.45, 2.75) is 32.9 Å². The highest BCUT2D eigenvalue weighted by Gasteiger charge is 2.33. The number of amides is 1. The maximum atomic E-state index is 11.4. The number of piperazine rings is 1. The molecule has 1 fully saturated rings. The Morgan fingerprint density at radius 3 is 2.86 bits per heavy atom. The van der Waals surface area contributed by atoms with Crippen LogP contribution in [-0.4, -0.2) is 68.3 Å². The lowest BCUT2D eigenvalue weighted by molar-refractivity contribution is 0.140. The second-order valence-corrected chi connectivity index (χ2v) is 10.9. The summed E-state index contributed by atoms with van der Waals surface area (Å²) in [6.45, 7) is 7.60. The van der Waals surface area contributed by atoms with Crippen molar-refractivity contribution in [3.8, 4) is 0 Å². The van der Waals surface area contributed by atoms with Gasteiger partial charge in [0.05, 0.1) is 11.4 Å². The maximum absolute atomic E-state index is 11.4. The van der Waals surface area contributed by atoms with Crippen LogP contribution in [0.4, 0.5) is 16.3 Å². The second-order valence-electron chi connectivity index (χ2n) is 9.23. The fraction of sp³-hybridized carbons (Fsp3) is 0.417. The van der Waals surface area contributed by atoms with E-state index in [1.165, 1.54) is 4.90 Å². The third-order valence-corrected chi connectivity index (χ3v) is 8.12. The van der Waals surface area contributed by atoms with Crippen molar-refractivity contribution >= 4 is 68.1 Å². The number of hydrogen-bond donors (Lipinski definition) is 2. The van der Waals surface area contributed by atoms with Gasteiger partial charge in [-0.05, 0) is 64.8 Å². The van der Waals surface area contributed by atoms with Gasteiger partial charge in [0.2, 0.25) is 5.28 Å². The fourth-order valence-electron chi connectivity index (χ4n) is 4.96. The highest BCUT2D eigenvalue weighted by atomic mass is 35.5. The van der Waals surface area contributed by atoms with E-state index < -0.39 is 6.09 Å². The molecule has 35 heavy (non-hydrogen) atoms. The first-order valence-electron chi connectivity index (χ1n) is 11.6. The Labute approximate surface area is 218 Å². The zero-order chi connectivity index (χ0) is 24.7. The third kappa shape index (κ3) is 4.74. The van der Waals surface area contributed by atoms with Crippen LogP contribution in [0.25, 0.3) is 10.2 Å². The van der Waals surface area contributed by atoms with Gasteiger partial charge in [-0.3, -0.25) is 0 Å². The van der Waals surface area contributed by atoms with E-state index in [0.717, 1.165) is 52.5 Å². The van der Waals surface area contributed by atoms with Gasteiger partial charge in [-0.2, -0.15) is 4.98 Å². The summed E-state index contributed by atoms with van der Waals surface area (Å²) < 4.78 is 0. The van der Waals surface area contributed by atoms with Crippen LogP contribution in [0.15, 0.2) is 29.6 Å². The first-order chi connectivity index (χ1) is 16.8. The van der Waals surface area contributed by atoms with Crippen molar-refractivity contribution in [1.82, 2.24) is 19.8 Å². The summed E-state index contributed by atoms with van der Waals surface area (Å²) >= 11 is 13.7. The summed E-state index contributed by atoms with van der Waals surface area (Å²) in [4.78, 5) is 27.2. The molecular formula is C24H27ClN6O2S2. The van der Waals surface area contributed by atoms with Gasteiger partial charge in [0.15, 0.2) is 5.11 Å². The van der Waals surface area contributed by atoms with Gasteiger partial charge in [-0.1, -0.05) is 26.0 Å². The Morgan fingerprint density at radius 2 is 2.09 bits per heavy atom. The van der Waals surface area contributed by atoms with E-state index in [1.807, 2.05) is 23.6 Å². The van der Waals surface area contributed by atoms with Crippen LogP contribution in [0.5, 0.6) is 0 Å². The molecule has 1 atom stereocenters. The Bertz CT molecular complexity index is 1280.